The Hall–Kier alpha value is -2.29. The van der Waals surface area contributed by atoms with Gasteiger partial charge in [-0.15, -0.1) is 6.58 Å². The summed E-state index contributed by atoms with van der Waals surface area (Å²) in [6.45, 7) is 5.13. The molecule has 9 heteroatoms. The fourth-order valence-corrected chi connectivity index (χ4v) is 3.51. The van der Waals surface area contributed by atoms with E-state index in [1.54, 1.807) is 18.2 Å². The molecule has 2 rings (SSSR count). The van der Waals surface area contributed by atoms with E-state index < -0.39 is 10.0 Å². The van der Waals surface area contributed by atoms with Crippen molar-refractivity contribution >= 4 is 33.3 Å². The molecule has 0 aliphatic carbocycles. The van der Waals surface area contributed by atoms with Gasteiger partial charge in [0, 0.05) is 31.4 Å². The zero-order chi connectivity index (χ0) is 18.4. The third-order valence-corrected chi connectivity index (χ3v) is 5.02. The number of carbonyl (C=O) groups is 1. The van der Waals surface area contributed by atoms with Crippen molar-refractivity contribution in [2.75, 3.05) is 11.9 Å². The Morgan fingerprint density at radius 1 is 1.32 bits per heavy atom. The van der Waals surface area contributed by atoms with Gasteiger partial charge in [-0.3, -0.25) is 4.79 Å². The first-order valence-electron chi connectivity index (χ1n) is 7.33. The van der Waals surface area contributed by atoms with Gasteiger partial charge < -0.3 is 5.32 Å². The van der Waals surface area contributed by atoms with Gasteiger partial charge in [-0.1, -0.05) is 17.7 Å². The van der Waals surface area contributed by atoms with Crippen LogP contribution in [0.3, 0.4) is 0 Å². The van der Waals surface area contributed by atoms with Crippen molar-refractivity contribution in [3.05, 3.63) is 48.4 Å². The lowest BCUT2D eigenvalue weighted by Crippen LogP contribution is -2.25. The van der Waals surface area contributed by atoms with E-state index in [4.69, 9.17) is 11.6 Å². The Morgan fingerprint density at radius 2 is 2.08 bits per heavy atom. The minimum absolute atomic E-state index is 0.117. The summed E-state index contributed by atoms with van der Waals surface area (Å²) in [4.78, 5) is 19.0. The van der Waals surface area contributed by atoms with E-state index in [0.717, 1.165) is 0 Å². The minimum Gasteiger partial charge on any atom is -0.311 e. The fourth-order valence-electron chi connectivity index (χ4n) is 2.01. The van der Waals surface area contributed by atoms with Crippen LogP contribution in [-0.4, -0.2) is 30.8 Å². The standard InChI is InChI=1S/C16H17ClN4O3S/c1-3-4-6-20-25(23,24)14-8-13(10-19-16(14)17)12-5-7-18-15(9-12)21-11(2)22/h3,5,7-10,20H,1,4,6H2,2H3,(H,18,21,22). The van der Waals surface area contributed by atoms with E-state index in [-0.39, 0.29) is 22.5 Å². The Balaban J connectivity index is 2.39. The fraction of sp³-hybridized carbons (Fsp3) is 0.188. The van der Waals surface area contributed by atoms with Gasteiger partial charge in [0.05, 0.1) is 0 Å². The van der Waals surface area contributed by atoms with Crippen molar-refractivity contribution in [3.63, 3.8) is 0 Å². The normalized spacial score (nSPS) is 11.1. The molecule has 7 nitrogen and oxygen atoms in total. The molecule has 0 bridgehead atoms. The Labute approximate surface area is 151 Å². The second kappa shape index (κ2) is 8.19. The number of anilines is 1. The first-order chi connectivity index (χ1) is 11.8. The summed E-state index contributed by atoms with van der Waals surface area (Å²) in [6, 6.07) is 4.73. The van der Waals surface area contributed by atoms with Crippen molar-refractivity contribution < 1.29 is 13.2 Å². The summed E-state index contributed by atoms with van der Waals surface area (Å²) in [7, 11) is -3.80. The van der Waals surface area contributed by atoms with Crippen LogP contribution in [0.1, 0.15) is 13.3 Å². The monoisotopic (exact) mass is 380 g/mol. The van der Waals surface area contributed by atoms with Crippen LogP contribution in [0.4, 0.5) is 5.82 Å². The summed E-state index contributed by atoms with van der Waals surface area (Å²) < 4.78 is 27.2. The Kier molecular flexibility index (Phi) is 6.24. The lowest BCUT2D eigenvalue weighted by atomic mass is 10.1. The van der Waals surface area contributed by atoms with Gasteiger partial charge in [-0.05, 0) is 30.2 Å². The summed E-state index contributed by atoms with van der Waals surface area (Å²) in [5, 5.41) is 2.45. The molecule has 2 aromatic heterocycles. The van der Waals surface area contributed by atoms with Crippen LogP contribution in [-0.2, 0) is 14.8 Å². The smallest absolute Gasteiger partial charge is 0.243 e. The molecule has 0 unspecified atom stereocenters. The lowest BCUT2D eigenvalue weighted by Gasteiger charge is -2.10. The molecule has 0 saturated carbocycles. The van der Waals surface area contributed by atoms with Gasteiger partial charge in [0.25, 0.3) is 0 Å². The van der Waals surface area contributed by atoms with Gasteiger partial charge in [0.15, 0.2) is 0 Å². The molecule has 1 amide bonds. The molecular weight excluding hydrogens is 364 g/mol. The van der Waals surface area contributed by atoms with E-state index in [9.17, 15) is 13.2 Å². The molecule has 0 aromatic carbocycles. The van der Waals surface area contributed by atoms with Crippen LogP contribution in [0.15, 0.2) is 48.1 Å². The van der Waals surface area contributed by atoms with Crippen LogP contribution in [0.25, 0.3) is 11.1 Å². The van der Waals surface area contributed by atoms with Gasteiger partial charge >= 0.3 is 0 Å². The maximum Gasteiger partial charge on any atom is 0.243 e. The molecular formula is C16H17ClN4O3S. The SMILES string of the molecule is C=CCCNS(=O)(=O)c1cc(-c2ccnc(NC(C)=O)c2)cnc1Cl. The minimum atomic E-state index is -3.80. The van der Waals surface area contributed by atoms with Gasteiger partial charge in [-0.25, -0.2) is 23.1 Å². The number of pyridine rings is 2. The number of aromatic nitrogens is 2. The zero-order valence-corrected chi connectivity index (χ0v) is 15.1. The molecule has 0 spiro atoms. The van der Waals surface area contributed by atoms with Crippen molar-refractivity contribution in [1.82, 2.24) is 14.7 Å². The molecule has 132 valence electrons. The molecule has 2 aromatic rings. The number of halogens is 1. The van der Waals surface area contributed by atoms with Crippen molar-refractivity contribution in [2.45, 2.75) is 18.2 Å². The lowest BCUT2D eigenvalue weighted by molar-refractivity contribution is -0.114. The van der Waals surface area contributed by atoms with Crippen LogP contribution >= 0.6 is 11.6 Å². The van der Waals surface area contributed by atoms with Crippen LogP contribution < -0.4 is 10.0 Å². The second-order valence-corrected chi connectivity index (χ2v) is 7.19. The molecule has 0 atom stereocenters. The first kappa shape index (κ1) is 19.0. The average Bonchev–Trinajstić information content (AvgIpc) is 2.55. The molecule has 0 aliphatic heterocycles. The van der Waals surface area contributed by atoms with E-state index in [1.165, 1.54) is 25.4 Å². The number of nitrogens with zero attached hydrogens (tertiary/aromatic N) is 2. The molecule has 25 heavy (non-hydrogen) atoms. The highest BCUT2D eigenvalue weighted by Crippen LogP contribution is 2.27. The molecule has 0 radical (unpaired) electrons. The average molecular weight is 381 g/mol. The summed E-state index contributed by atoms with van der Waals surface area (Å²) >= 11 is 5.96. The third-order valence-electron chi connectivity index (χ3n) is 3.13. The van der Waals surface area contributed by atoms with Crippen LogP contribution in [0, 0.1) is 0 Å². The topological polar surface area (TPSA) is 101 Å². The Bertz CT molecular complexity index is 900. The number of sulfonamides is 1. The largest absolute Gasteiger partial charge is 0.311 e. The predicted molar refractivity (Wildman–Crippen MR) is 96.8 cm³/mol. The van der Waals surface area contributed by atoms with Crippen molar-refractivity contribution in [3.8, 4) is 11.1 Å². The number of nitrogens with one attached hydrogen (secondary N) is 2. The second-order valence-electron chi connectivity index (χ2n) is 5.10. The van der Waals surface area contributed by atoms with E-state index in [2.05, 4.69) is 26.6 Å². The summed E-state index contributed by atoms with van der Waals surface area (Å²) in [5.41, 5.74) is 1.17. The predicted octanol–water partition coefficient (Wildman–Crippen LogP) is 2.61. The highest BCUT2D eigenvalue weighted by molar-refractivity contribution is 7.89. The quantitative estimate of drug-likeness (QED) is 0.437. The van der Waals surface area contributed by atoms with E-state index in [0.29, 0.717) is 23.4 Å². The van der Waals surface area contributed by atoms with Gasteiger partial charge in [0.2, 0.25) is 15.9 Å². The summed E-state index contributed by atoms with van der Waals surface area (Å²) in [5.74, 6) is 0.0991. The maximum absolute atomic E-state index is 12.4. The van der Waals surface area contributed by atoms with Crippen LogP contribution in [0.5, 0.6) is 0 Å². The first-order valence-corrected chi connectivity index (χ1v) is 9.19. The number of hydrogen-bond acceptors (Lipinski definition) is 5. The van der Waals surface area contributed by atoms with E-state index >= 15 is 0 Å². The van der Waals surface area contributed by atoms with E-state index in [1.807, 2.05) is 0 Å². The maximum atomic E-state index is 12.4. The highest BCUT2D eigenvalue weighted by atomic mass is 35.5. The van der Waals surface area contributed by atoms with Crippen molar-refractivity contribution in [1.29, 1.82) is 0 Å². The number of rotatable bonds is 7. The Morgan fingerprint density at radius 3 is 2.76 bits per heavy atom. The molecule has 0 saturated heterocycles. The number of amides is 1. The third kappa shape index (κ3) is 5.09. The number of hydrogen-bond donors (Lipinski definition) is 2. The molecule has 0 aliphatic rings. The molecule has 2 N–H and O–H groups in total. The van der Waals surface area contributed by atoms with Crippen molar-refractivity contribution in [2.24, 2.45) is 0 Å². The molecule has 0 fully saturated rings. The van der Waals surface area contributed by atoms with Gasteiger partial charge in [0.1, 0.15) is 15.9 Å². The van der Waals surface area contributed by atoms with Crippen LogP contribution in [0.2, 0.25) is 5.15 Å². The highest BCUT2D eigenvalue weighted by Gasteiger charge is 2.19. The molecule has 2 heterocycles. The zero-order valence-electron chi connectivity index (χ0n) is 13.5. The number of carbonyl (C=O) groups excluding carboxylic acids is 1. The summed E-state index contributed by atoms with van der Waals surface area (Å²) in [6.07, 6.45) is 5.07. The van der Waals surface area contributed by atoms with Gasteiger partial charge in [-0.2, -0.15) is 0 Å².